The molecule has 1 unspecified atom stereocenters. The molecule has 1 N–H and O–H groups in total. The second-order valence-electron chi connectivity index (χ2n) is 10.4. The van der Waals surface area contributed by atoms with Gasteiger partial charge in [-0.05, 0) is 37.6 Å². The SMILES string of the molecule is CCCCCCCCCCCCCCOc1c(O)ccc(O[PH](=O)Oc2cccc(C[n+]3csc(C)c3)c2)c1OC. The van der Waals surface area contributed by atoms with E-state index in [-0.39, 0.29) is 23.0 Å². The highest BCUT2D eigenvalue weighted by molar-refractivity contribution is 7.34. The molecule has 3 rings (SSSR count). The van der Waals surface area contributed by atoms with E-state index in [1.165, 1.54) is 88.3 Å². The molecular weight excluding hydrogens is 557 g/mol. The van der Waals surface area contributed by atoms with Crippen LogP contribution in [-0.4, -0.2) is 18.8 Å². The van der Waals surface area contributed by atoms with Crippen LogP contribution in [0.3, 0.4) is 0 Å². The van der Waals surface area contributed by atoms with Crippen molar-refractivity contribution in [2.75, 3.05) is 13.7 Å². The monoisotopic (exact) mass is 604 g/mol. The van der Waals surface area contributed by atoms with Crippen molar-refractivity contribution in [1.29, 1.82) is 0 Å². The van der Waals surface area contributed by atoms with Gasteiger partial charge >= 0.3 is 8.25 Å². The Labute approximate surface area is 250 Å². The van der Waals surface area contributed by atoms with Gasteiger partial charge in [0.05, 0.1) is 18.6 Å². The van der Waals surface area contributed by atoms with Crippen LogP contribution in [0.2, 0.25) is 0 Å². The second kappa shape index (κ2) is 18.7. The highest BCUT2D eigenvalue weighted by Gasteiger charge is 2.19. The van der Waals surface area contributed by atoms with Crippen LogP contribution in [0.1, 0.15) is 94.4 Å². The fourth-order valence-corrected chi connectivity index (χ4v) is 6.05. The number of unbranched alkanes of at least 4 members (excludes halogenated alkanes) is 11. The number of aromatic nitrogens is 1. The summed E-state index contributed by atoms with van der Waals surface area (Å²) in [5, 5.41) is 10.4. The number of methoxy groups -OCH3 is 1. The number of benzene rings is 2. The van der Waals surface area contributed by atoms with Crippen molar-refractivity contribution in [2.24, 2.45) is 0 Å². The molecule has 0 saturated heterocycles. The summed E-state index contributed by atoms with van der Waals surface area (Å²) in [6.07, 6.45) is 17.2. The van der Waals surface area contributed by atoms with Gasteiger partial charge in [0.15, 0.2) is 24.2 Å². The van der Waals surface area contributed by atoms with Crippen molar-refractivity contribution in [3.63, 3.8) is 0 Å². The molecule has 226 valence electrons. The lowest BCUT2D eigenvalue weighted by Gasteiger charge is -2.16. The molecule has 0 saturated carbocycles. The van der Waals surface area contributed by atoms with Crippen LogP contribution in [-0.2, 0) is 11.1 Å². The molecule has 2 aromatic carbocycles. The maximum absolute atomic E-state index is 12.8. The van der Waals surface area contributed by atoms with E-state index in [0.717, 1.165) is 18.4 Å². The van der Waals surface area contributed by atoms with Crippen LogP contribution >= 0.6 is 19.6 Å². The lowest BCUT2D eigenvalue weighted by molar-refractivity contribution is -0.683. The van der Waals surface area contributed by atoms with Crippen molar-refractivity contribution in [2.45, 2.75) is 97.4 Å². The molecular formula is C32H47NO6PS+. The number of hydrogen-bond donors (Lipinski definition) is 1. The number of nitrogens with zero attached hydrogens (tertiary/aromatic N) is 1. The van der Waals surface area contributed by atoms with E-state index in [1.807, 2.05) is 18.2 Å². The van der Waals surface area contributed by atoms with Crippen molar-refractivity contribution in [3.8, 4) is 28.7 Å². The Morgan fingerprint density at radius 2 is 1.56 bits per heavy atom. The number of hydrogen-bond acceptors (Lipinski definition) is 7. The van der Waals surface area contributed by atoms with E-state index in [1.54, 1.807) is 17.4 Å². The minimum Gasteiger partial charge on any atom is -0.504 e. The van der Waals surface area contributed by atoms with Crippen molar-refractivity contribution < 1.29 is 32.8 Å². The number of aryl methyl sites for hydroxylation is 1. The second-order valence-corrected chi connectivity index (χ2v) is 12.4. The molecule has 0 fully saturated rings. The molecule has 1 aromatic heterocycles. The van der Waals surface area contributed by atoms with E-state index in [0.29, 0.717) is 18.9 Å². The predicted molar refractivity (Wildman–Crippen MR) is 166 cm³/mol. The Bertz CT molecular complexity index is 1200. The number of phenols is 1. The first kappa shape index (κ1) is 32.8. The van der Waals surface area contributed by atoms with Gasteiger partial charge in [0.2, 0.25) is 17.0 Å². The van der Waals surface area contributed by atoms with Gasteiger partial charge < -0.3 is 23.6 Å². The standard InChI is InChI=1S/C32H46NO6PS/c1-4-5-6-7-8-9-10-11-12-13-14-15-21-37-31-29(34)19-20-30(32(31)36-3)39-40(35)38-28-18-16-17-27(22-28)24-33-23-26(2)41-25-33/h16-20,22-23,25,40H,4-15,21,24H2,1-3H3/p+1. The smallest absolute Gasteiger partial charge is 0.419 e. The quantitative estimate of drug-likeness (QED) is 0.0743. The molecule has 1 atom stereocenters. The Balaban J connectivity index is 1.42. The summed E-state index contributed by atoms with van der Waals surface area (Å²) < 4.78 is 37.5. The van der Waals surface area contributed by atoms with Gasteiger partial charge in [0, 0.05) is 5.56 Å². The van der Waals surface area contributed by atoms with E-state index < -0.39 is 8.25 Å². The summed E-state index contributed by atoms with van der Waals surface area (Å²) in [5.74, 6) is 0.985. The first-order valence-corrected chi connectivity index (χ1v) is 17.1. The van der Waals surface area contributed by atoms with Crippen molar-refractivity contribution in [3.05, 3.63) is 58.5 Å². The molecule has 0 amide bonds. The average Bonchev–Trinajstić information content (AvgIpc) is 3.37. The molecule has 7 nitrogen and oxygen atoms in total. The summed E-state index contributed by atoms with van der Waals surface area (Å²) in [6, 6.07) is 10.4. The molecule has 0 aliphatic carbocycles. The number of aromatic hydroxyl groups is 1. The van der Waals surface area contributed by atoms with Crippen LogP contribution in [0.25, 0.3) is 0 Å². The zero-order valence-corrected chi connectivity index (χ0v) is 26.7. The van der Waals surface area contributed by atoms with Crippen molar-refractivity contribution >= 4 is 19.6 Å². The van der Waals surface area contributed by atoms with Crippen LogP contribution in [0.4, 0.5) is 0 Å². The summed E-state index contributed by atoms with van der Waals surface area (Å²) in [7, 11) is -1.50. The van der Waals surface area contributed by atoms with Crippen molar-refractivity contribution in [1.82, 2.24) is 0 Å². The lowest BCUT2D eigenvalue weighted by Crippen LogP contribution is -2.30. The molecule has 0 aliphatic heterocycles. The highest BCUT2D eigenvalue weighted by atomic mass is 32.1. The van der Waals surface area contributed by atoms with E-state index in [9.17, 15) is 9.67 Å². The van der Waals surface area contributed by atoms with Gasteiger partial charge in [-0.3, -0.25) is 0 Å². The fourth-order valence-electron chi connectivity index (χ4n) is 4.72. The fraction of sp³-hybridized carbons (Fsp3) is 0.531. The predicted octanol–water partition coefficient (Wildman–Crippen LogP) is 9.03. The summed E-state index contributed by atoms with van der Waals surface area (Å²) in [6.45, 7) is 5.46. The van der Waals surface area contributed by atoms with Crippen LogP contribution in [0.15, 0.2) is 48.1 Å². The normalized spacial score (nSPS) is 11.8. The Hall–Kier alpha value is -2.70. The Kier molecular flexibility index (Phi) is 14.9. The molecule has 1 heterocycles. The third kappa shape index (κ3) is 12.0. The first-order valence-electron chi connectivity index (χ1n) is 15.0. The van der Waals surface area contributed by atoms with Crippen LogP contribution < -0.4 is 23.1 Å². The molecule has 0 bridgehead atoms. The van der Waals surface area contributed by atoms with Gasteiger partial charge in [0.25, 0.3) is 0 Å². The third-order valence-corrected chi connectivity index (χ3v) is 8.53. The number of phenolic OH excluding ortho intramolecular Hbond substituents is 1. The first-order chi connectivity index (χ1) is 20.0. The van der Waals surface area contributed by atoms with Gasteiger partial charge in [0.1, 0.15) is 5.75 Å². The van der Waals surface area contributed by atoms with Gasteiger partial charge in [-0.2, -0.15) is 4.57 Å². The molecule has 0 aliphatic rings. The molecule has 41 heavy (non-hydrogen) atoms. The summed E-state index contributed by atoms with van der Waals surface area (Å²) in [5.41, 5.74) is 3.08. The Morgan fingerprint density at radius 3 is 2.20 bits per heavy atom. The largest absolute Gasteiger partial charge is 0.504 e. The number of thiazole rings is 1. The van der Waals surface area contributed by atoms with E-state index >= 15 is 0 Å². The molecule has 0 spiro atoms. The van der Waals surface area contributed by atoms with Gasteiger partial charge in [-0.15, -0.1) is 0 Å². The zero-order valence-electron chi connectivity index (χ0n) is 24.9. The van der Waals surface area contributed by atoms with Gasteiger partial charge in [-0.25, -0.2) is 4.57 Å². The maximum atomic E-state index is 12.8. The minimum absolute atomic E-state index is 0.0532. The lowest BCUT2D eigenvalue weighted by atomic mass is 10.1. The maximum Gasteiger partial charge on any atom is 0.419 e. The topological polar surface area (TPSA) is 78.1 Å². The minimum atomic E-state index is -2.96. The van der Waals surface area contributed by atoms with Gasteiger partial charge in [-0.1, -0.05) is 101 Å². The summed E-state index contributed by atoms with van der Waals surface area (Å²) >= 11 is 1.69. The molecule has 3 aromatic rings. The molecule has 9 heteroatoms. The van der Waals surface area contributed by atoms with E-state index in [2.05, 4.69) is 30.1 Å². The zero-order chi connectivity index (χ0) is 29.3. The highest BCUT2D eigenvalue weighted by Crippen LogP contribution is 2.46. The number of rotatable bonds is 21. The third-order valence-electron chi connectivity index (χ3n) is 6.88. The molecule has 0 radical (unpaired) electrons. The van der Waals surface area contributed by atoms with Crippen LogP contribution in [0, 0.1) is 6.92 Å². The van der Waals surface area contributed by atoms with Crippen LogP contribution in [0.5, 0.6) is 28.7 Å². The number of ether oxygens (including phenoxy) is 2. The Morgan fingerprint density at radius 1 is 0.878 bits per heavy atom. The van der Waals surface area contributed by atoms with E-state index in [4.69, 9.17) is 18.5 Å². The summed E-state index contributed by atoms with van der Waals surface area (Å²) in [4.78, 5) is 1.23. The average molecular weight is 605 g/mol.